The molecule has 0 radical (unpaired) electrons. The summed E-state index contributed by atoms with van der Waals surface area (Å²) in [6, 6.07) is 5.83. The summed E-state index contributed by atoms with van der Waals surface area (Å²) in [6.07, 6.45) is 0.177. The SMILES string of the molecule is COC(=O)CC1CN(c2nc(NC3CCS(=O)(=O)CC3)nc3c2cnn3-c2cccc(C(F)F)c2)C1. The van der Waals surface area contributed by atoms with Gasteiger partial charge in [-0.1, -0.05) is 12.1 Å². The Kier molecular flexibility index (Phi) is 6.49. The number of fused-ring (bicyclic) bond motifs is 1. The highest BCUT2D eigenvalue weighted by atomic mass is 32.2. The Labute approximate surface area is 206 Å². The second-order valence-electron chi connectivity index (χ2n) is 9.18. The molecule has 0 saturated carbocycles. The number of nitrogens with zero attached hydrogens (tertiary/aromatic N) is 5. The van der Waals surface area contributed by atoms with E-state index in [0.29, 0.717) is 60.8 Å². The summed E-state index contributed by atoms with van der Waals surface area (Å²) in [7, 11) is -1.66. The molecule has 2 saturated heterocycles. The number of nitrogens with one attached hydrogen (secondary N) is 1. The lowest BCUT2D eigenvalue weighted by molar-refractivity contribution is -0.141. The molecular weight excluding hydrogens is 494 g/mol. The predicted octanol–water partition coefficient (Wildman–Crippen LogP) is 2.74. The van der Waals surface area contributed by atoms with Crippen molar-refractivity contribution in [1.82, 2.24) is 19.7 Å². The van der Waals surface area contributed by atoms with Crippen molar-refractivity contribution in [2.75, 3.05) is 41.9 Å². The van der Waals surface area contributed by atoms with Crippen LogP contribution >= 0.6 is 0 Å². The molecule has 13 heteroatoms. The molecule has 2 aliphatic rings. The van der Waals surface area contributed by atoms with Crippen molar-refractivity contribution >= 4 is 38.6 Å². The molecule has 2 aliphatic heterocycles. The van der Waals surface area contributed by atoms with Gasteiger partial charge in [0.05, 0.1) is 42.3 Å². The van der Waals surface area contributed by atoms with Crippen LogP contribution in [0.1, 0.15) is 31.3 Å². The van der Waals surface area contributed by atoms with E-state index in [2.05, 4.69) is 15.4 Å². The number of sulfone groups is 1. The van der Waals surface area contributed by atoms with Crippen LogP contribution in [-0.4, -0.2) is 71.9 Å². The first-order valence-electron chi connectivity index (χ1n) is 11.7. The minimum absolute atomic E-state index is 0.0967. The zero-order chi connectivity index (χ0) is 25.4. The van der Waals surface area contributed by atoms with E-state index in [-0.39, 0.29) is 35.0 Å². The van der Waals surface area contributed by atoms with E-state index in [1.54, 1.807) is 18.3 Å². The van der Waals surface area contributed by atoms with Gasteiger partial charge in [-0.3, -0.25) is 4.79 Å². The summed E-state index contributed by atoms with van der Waals surface area (Å²) < 4.78 is 56.5. The fourth-order valence-corrected chi connectivity index (χ4v) is 6.08. The number of carbonyl (C=O) groups is 1. The number of rotatable bonds is 7. The van der Waals surface area contributed by atoms with Gasteiger partial charge in [-0.25, -0.2) is 21.9 Å². The molecule has 2 aromatic heterocycles. The first-order valence-corrected chi connectivity index (χ1v) is 13.5. The average molecular weight is 521 g/mol. The maximum absolute atomic E-state index is 13.3. The topological polar surface area (TPSA) is 119 Å². The van der Waals surface area contributed by atoms with Crippen molar-refractivity contribution in [3.8, 4) is 5.69 Å². The van der Waals surface area contributed by atoms with E-state index in [4.69, 9.17) is 9.72 Å². The van der Waals surface area contributed by atoms with Crippen LogP contribution in [0.3, 0.4) is 0 Å². The summed E-state index contributed by atoms with van der Waals surface area (Å²) in [5, 5.41) is 8.32. The Bertz CT molecular complexity index is 1380. The largest absolute Gasteiger partial charge is 0.469 e. The van der Waals surface area contributed by atoms with Gasteiger partial charge >= 0.3 is 5.97 Å². The maximum Gasteiger partial charge on any atom is 0.305 e. The summed E-state index contributed by atoms with van der Waals surface area (Å²) in [6.45, 7) is 1.18. The van der Waals surface area contributed by atoms with E-state index in [1.807, 2.05) is 4.90 Å². The van der Waals surface area contributed by atoms with Crippen LogP contribution in [0.4, 0.5) is 20.5 Å². The number of methoxy groups -OCH3 is 1. The van der Waals surface area contributed by atoms with E-state index in [9.17, 15) is 22.0 Å². The smallest absolute Gasteiger partial charge is 0.305 e. The van der Waals surface area contributed by atoms with Crippen LogP contribution in [0.2, 0.25) is 0 Å². The van der Waals surface area contributed by atoms with Gasteiger partial charge < -0.3 is 15.0 Å². The van der Waals surface area contributed by atoms with Crippen LogP contribution in [0.25, 0.3) is 16.7 Å². The van der Waals surface area contributed by atoms with Crippen LogP contribution in [0.15, 0.2) is 30.5 Å². The Morgan fingerprint density at radius 2 is 1.97 bits per heavy atom. The number of ether oxygens (including phenoxy) is 1. The number of aromatic nitrogens is 4. The Morgan fingerprint density at radius 3 is 2.67 bits per heavy atom. The molecule has 3 aromatic rings. The highest BCUT2D eigenvalue weighted by Gasteiger charge is 2.33. The first-order chi connectivity index (χ1) is 17.2. The van der Waals surface area contributed by atoms with Gasteiger partial charge in [-0.15, -0.1) is 0 Å². The number of anilines is 2. The minimum atomic E-state index is -3.02. The molecule has 0 atom stereocenters. The zero-order valence-corrected chi connectivity index (χ0v) is 20.4. The van der Waals surface area contributed by atoms with Crippen molar-refractivity contribution in [3.63, 3.8) is 0 Å². The third-order valence-electron chi connectivity index (χ3n) is 6.60. The molecule has 0 spiro atoms. The molecule has 1 aromatic carbocycles. The standard InChI is InChI=1S/C23H26F2N6O4S/c1-35-19(32)9-14-12-30(13-14)21-18-11-26-31(17-4-2-3-15(10-17)20(24)25)22(18)29-23(28-21)27-16-5-7-36(33,34)8-6-16/h2-4,10-11,14,16,20H,5-9,12-13H2,1H3,(H,27,28,29). The molecule has 1 N–H and O–H groups in total. The van der Waals surface area contributed by atoms with Gasteiger partial charge in [-0.2, -0.15) is 15.1 Å². The van der Waals surface area contributed by atoms with Gasteiger partial charge in [0.15, 0.2) is 5.65 Å². The van der Waals surface area contributed by atoms with Crippen molar-refractivity contribution in [3.05, 3.63) is 36.0 Å². The minimum Gasteiger partial charge on any atom is -0.469 e. The molecular formula is C23H26F2N6O4S. The third kappa shape index (κ3) is 4.97. The zero-order valence-electron chi connectivity index (χ0n) is 19.6. The van der Waals surface area contributed by atoms with Crippen LogP contribution in [0, 0.1) is 5.92 Å². The fourth-order valence-electron chi connectivity index (χ4n) is 4.59. The van der Waals surface area contributed by atoms with Gasteiger partial charge in [0, 0.05) is 30.6 Å². The lowest BCUT2D eigenvalue weighted by Gasteiger charge is -2.40. The highest BCUT2D eigenvalue weighted by Crippen LogP contribution is 2.33. The van der Waals surface area contributed by atoms with Gasteiger partial charge in [0.1, 0.15) is 15.7 Å². The normalized spacial score (nSPS) is 18.4. The summed E-state index contributed by atoms with van der Waals surface area (Å²) in [5.74, 6) is 0.973. The Hall–Kier alpha value is -3.35. The van der Waals surface area contributed by atoms with Crippen molar-refractivity contribution in [2.24, 2.45) is 5.92 Å². The predicted molar refractivity (Wildman–Crippen MR) is 129 cm³/mol. The molecule has 192 valence electrons. The second-order valence-corrected chi connectivity index (χ2v) is 11.5. The molecule has 0 unspecified atom stereocenters. The average Bonchev–Trinajstić information content (AvgIpc) is 3.26. The number of hydrogen-bond acceptors (Lipinski definition) is 9. The molecule has 0 aliphatic carbocycles. The number of carbonyl (C=O) groups excluding carboxylic acids is 1. The molecule has 2 fully saturated rings. The fraction of sp³-hybridized carbons (Fsp3) is 0.478. The van der Waals surface area contributed by atoms with Crippen LogP contribution < -0.4 is 10.2 Å². The van der Waals surface area contributed by atoms with Gasteiger partial charge in [0.25, 0.3) is 6.43 Å². The Balaban J connectivity index is 1.49. The lowest BCUT2D eigenvalue weighted by atomic mass is 9.96. The van der Waals surface area contributed by atoms with Crippen LogP contribution in [-0.2, 0) is 19.4 Å². The quantitative estimate of drug-likeness (QED) is 0.469. The number of halogens is 2. The Morgan fingerprint density at radius 1 is 1.22 bits per heavy atom. The summed E-state index contributed by atoms with van der Waals surface area (Å²) in [5.41, 5.74) is 0.753. The first kappa shape index (κ1) is 24.3. The molecule has 0 amide bonds. The lowest BCUT2D eigenvalue weighted by Crippen LogP contribution is -2.48. The number of alkyl halides is 2. The third-order valence-corrected chi connectivity index (χ3v) is 8.32. The van der Waals surface area contributed by atoms with E-state index in [1.165, 1.54) is 23.9 Å². The molecule has 0 bridgehead atoms. The summed E-state index contributed by atoms with van der Waals surface area (Å²) >= 11 is 0. The molecule has 4 heterocycles. The second kappa shape index (κ2) is 9.60. The number of hydrogen-bond donors (Lipinski definition) is 1. The van der Waals surface area contributed by atoms with Gasteiger partial charge in [0.2, 0.25) is 5.95 Å². The van der Waals surface area contributed by atoms with Crippen molar-refractivity contribution < 1.29 is 26.7 Å². The number of esters is 1. The number of benzene rings is 1. The molecule has 10 nitrogen and oxygen atoms in total. The van der Waals surface area contributed by atoms with Gasteiger partial charge in [-0.05, 0) is 25.0 Å². The van der Waals surface area contributed by atoms with Crippen LogP contribution in [0.5, 0.6) is 0 Å². The van der Waals surface area contributed by atoms with E-state index in [0.717, 1.165) is 0 Å². The molecule has 36 heavy (non-hydrogen) atoms. The summed E-state index contributed by atoms with van der Waals surface area (Å²) in [4.78, 5) is 23.0. The van der Waals surface area contributed by atoms with Crippen molar-refractivity contribution in [1.29, 1.82) is 0 Å². The highest BCUT2D eigenvalue weighted by molar-refractivity contribution is 7.91. The molecule has 5 rings (SSSR count). The van der Waals surface area contributed by atoms with Crippen molar-refractivity contribution in [2.45, 2.75) is 31.7 Å². The maximum atomic E-state index is 13.3. The van der Waals surface area contributed by atoms with E-state index >= 15 is 0 Å². The monoisotopic (exact) mass is 520 g/mol. The van der Waals surface area contributed by atoms with E-state index < -0.39 is 16.3 Å².